The maximum Gasteiger partial charge on any atom is 0.259 e. The Morgan fingerprint density at radius 2 is 1.88 bits per heavy atom. The Bertz CT molecular complexity index is 1220. The third-order valence-corrected chi connectivity index (χ3v) is 7.22. The first-order chi connectivity index (χ1) is 15.5. The van der Waals surface area contributed by atoms with E-state index in [0.29, 0.717) is 24.4 Å². The number of aromatic nitrogens is 2. The summed E-state index contributed by atoms with van der Waals surface area (Å²) in [5.74, 6) is 0.502. The fraction of sp³-hybridized carbons (Fsp3) is 0.370. The second-order valence-corrected chi connectivity index (χ2v) is 9.31. The fourth-order valence-electron chi connectivity index (χ4n) is 5.44. The van der Waals surface area contributed by atoms with Crippen molar-refractivity contribution in [3.8, 4) is 0 Å². The average molecular weight is 428 g/mol. The summed E-state index contributed by atoms with van der Waals surface area (Å²) in [6.07, 6.45) is 7.45. The smallest absolute Gasteiger partial charge is 0.259 e. The van der Waals surface area contributed by atoms with Crippen LogP contribution in [0.2, 0.25) is 0 Å². The highest BCUT2D eigenvalue weighted by Gasteiger charge is 2.41. The van der Waals surface area contributed by atoms with E-state index in [0.717, 1.165) is 47.5 Å². The number of piperidine rings is 1. The van der Waals surface area contributed by atoms with E-state index in [9.17, 15) is 9.59 Å². The van der Waals surface area contributed by atoms with Crippen molar-refractivity contribution in [3.05, 3.63) is 98.7 Å². The molecule has 2 aromatic heterocycles. The van der Waals surface area contributed by atoms with Gasteiger partial charge in [-0.1, -0.05) is 24.3 Å². The van der Waals surface area contributed by atoms with Crippen LogP contribution in [0.5, 0.6) is 0 Å². The number of benzene rings is 1. The summed E-state index contributed by atoms with van der Waals surface area (Å²) in [6.45, 7) is 5.42. The Morgan fingerprint density at radius 3 is 2.56 bits per heavy atom. The number of hydrogen-bond donors (Lipinski definition) is 0. The largest absolute Gasteiger partial charge is 0.343 e. The zero-order valence-corrected chi connectivity index (χ0v) is 18.8. The van der Waals surface area contributed by atoms with Crippen LogP contribution >= 0.6 is 0 Å². The number of carbonyl (C=O) groups is 1. The van der Waals surface area contributed by atoms with Crippen molar-refractivity contribution in [1.82, 2.24) is 14.5 Å². The lowest BCUT2D eigenvalue weighted by atomic mass is 9.98. The second-order valence-electron chi connectivity index (χ2n) is 9.31. The molecule has 2 atom stereocenters. The number of likely N-dealkylation sites (tertiary alicyclic amines) is 1. The van der Waals surface area contributed by atoms with Crippen molar-refractivity contribution >= 4 is 5.91 Å². The SMILES string of the molecule is Cc1ccccc1Cc1c(C(=O)N2C[C@H]3CC[C@H]2C3)c(=O)cc(C)n1Cc1ccncc1. The highest BCUT2D eigenvalue weighted by atomic mass is 16.2. The molecule has 0 N–H and O–H groups in total. The van der Waals surface area contributed by atoms with Crippen molar-refractivity contribution in [2.24, 2.45) is 5.92 Å². The Labute approximate surface area is 188 Å². The average Bonchev–Trinajstić information content (AvgIpc) is 3.42. The summed E-state index contributed by atoms with van der Waals surface area (Å²) in [4.78, 5) is 33.1. The lowest BCUT2D eigenvalue weighted by Crippen LogP contribution is -2.41. The maximum atomic E-state index is 13.8. The number of amides is 1. The molecule has 0 unspecified atom stereocenters. The summed E-state index contributed by atoms with van der Waals surface area (Å²) < 4.78 is 2.14. The molecule has 5 rings (SSSR count). The van der Waals surface area contributed by atoms with Crippen LogP contribution in [-0.4, -0.2) is 32.9 Å². The summed E-state index contributed by atoms with van der Waals surface area (Å²) in [5, 5.41) is 0. The summed E-state index contributed by atoms with van der Waals surface area (Å²) in [6, 6.07) is 14.1. The highest BCUT2D eigenvalue weighted by molar-refractivity contribution is 5.96. The predicted octanol–water partition coefficient (Wildman–Crippen LogP) is 4.12. The van der Waals surface area contributed by atoms with Gasteiger partial charge in [-0.25, -0.2) is 0 Å². The topological polar surface area (TPSA) is 55.2 Å². The number of aryl methyl sites for hydroxylation is 2. The fourth-order valence-corrected chi connectivity index (χ4v) is 5.44. The quantitative estimate of drug-likeness (QED) is 0.615. The molecule has 1 amide bonds. The second kappa shape index (κ2) is 8.38. The first-order valence-electron chi connectivity index (χ1n) is 11.5. The molecule has 3 aromatic rings. The van der Waals surface area contributed by atoms with E-state index in [4.69, 9.17) is 0 Å². The van der Waals surface area contributed by atoms with Gasteiger partial charge in [0.15, 0.2) is 5.43 Å². The van der Waals surface area contributed by atoms with Crippen LogP contribution in [0.1, 0.15) is 57.7 Å². The van der Waals surface area contributed by atoms with Gasteiger partial charge in [0, 0.05) is 55.4 Å². The Hall–Kier alpha value is -3.21. The van der Waals surface area contributed by atoms with Gasteiger partial charge in [-0.15, -0.1) is 0 Å². The Balaban J connectivity index is 1.64. The van der Waals surface area contributed by atoms with Crippen LogP contribution < -0.4 is 5.43 Å². The van der Waals surface area contributed by atoms with Crippen LogP contribution in [0.25, 0.3) is 0 Å². The molecule has 2 aliphatic rings. The first-order valence-corrected chi connectivity index (χ1v) is 11.5. The molecule has 32 heavy (non-hydrogen) atoms. The van der Waals surface area contributed by atoms with Gasteiger partial charge in [0.1, 0.15) is 5.56 Å². The Kier molecular flexibility index (Phi) is 5.41. The van der Waals surface area contributed by atoms with E-state index in [1.54, 1.807) is 18.5 Å². The van der Waals surface area contributed by atoms with Crippen molar-refractivity contribution in [3.63, 3.8) is 0 Å². The van der Waals surface area contributed by atoms with E-state index >= 15 is 0 Å². The van der Waals surface area contributed by atoms with Crippen LogP contribution in [0, 0.1) is 19.8 Å². The summed E-state index contributed by atoms with van der Waals surface area (Å²) >= 11 is 0. The predicted molar refractivity (Wildman–Crippen MR) is 125 cm³/mol. The van der Waals surface area contributed by atoms with Gasteiger partial charge in [0.25, 0.3) is 5.91 Å². The van der Waals surface area contributed by atoms with Gasteiger partial charge in [-0.2, -0.15) is 0 Å². The first kappa shape index (κ1) is 20.7. The van der Waals surface area contributed by atoms with Crippen molar-refractivity contribution in [1.29, 1.82) is 0 Å². The number of nitrogens with zero attached hydrogens (tertiary/aromatic N) is 3. The molecule has 1 saturated carbocycles. The highest BCUT2D eigenvalue weighted by Crippen LogP contribution is 2.38. The molecule has 2 fully saturated rings. The maximum absolute atomic E-state index is 13.8. The minimum atomic E-state index is -0.162. The van der Waals surface area contributed by atoms with E-state index in [1.807, 2.05) is 36.1 Å². The number of carbonyl (C=O) groups excluding carboxylic acids is 1. The molecule has 5 nitrogen and oxygen atoms in total. The molecule has 1 aliphatic carbocycles. The molecule has 1 saturated heterocycles. The van der Waals surface area contributed by atoms with Crippen LogP contribution in [0.3, 0.4) is 0 Å². The van der Waals surface area contributed by atoms with Gasteiger partial charge < -0.3 is 9.47 Å². The Morgan fingerprint density at radius 1 is 1.09 bits per heavy atom. The van der Waals surface area contributed by atoms with Gasteiger partial charge in [0.2, 0.25) is 0 Å². The molecular weight excluding hydrogens is 398 g/mol. The van der Waals surface area contributed by atoms with Gasteiger partial charge in [-0.05, 0) is 67.9 Å². The van der Waals surface area contributed by atoms with Crippen LogP contribution in [-0.2, 0) is 13.0 Å². The summed E-state index contributed by atoms with van der Waals surface area (Å²) in [7, 11) is 0. The normalized spacial score (nSPS) is 19.5. The standard InChI is InChI=1S/C27H29N3O2/c1-18-5-3-4-6-22(18)15-24-26(27(32)30-17-21-7-8-23(30)14-21)25(31)13-19(2)29(24)16-20-9-11-28-12-10-20/h3-6,9-13,21,23H,7-8,14-17H2,1-2H3/t21-,23-/m0/s1. The van der Waals surface area contributed by atoms with E-state index in [2.05, 4.69) is 28.6 Å². The monoisotopic (exact) mass is 427 g/mol. The van der Waals surface area contributed by atoms with Crippen LogP contribution in [0.4, 0.5) is 0 Å². The zero-order chi connectivity index (χ0) is 22.2. The number of pyridine rings is 2. The molecule has 0 radical (unpaired) electrons. The van der Waals surface area contributed by atoms with Gasteiger partial charge in [-0.3, -0.25) is 14.6 Å². The van der Waals surface area contributed by atoms with E-state index in [-0.39, 0.29) is 17.4 Å². The molecule has 2 bridgehead atoms. The molecule has 0 spiro atoms. The van der Waals surface area contributed by atoms with Crippen molar-refractivity contribution in [2.45, 2.75) is 52.1 Å². The van der Waals surface area contributed by atoms with E-state index in [1.165, 1.54) is 6.42 Å². The van der Waals surface area contributed by atoms with Gasteiger partial charge in [0.05, 0.1) is 0 Å². The molecule has 1 aromatic carbocycles. The third kappa shape index (κ3) is 3.77. The number of hydrogen-bond acceptors (Lipinski definition) is 3. The van der Waals surface area contributed by atoms with Gasteiger partial charge >= 0.3 is 0 Å². The van der Waals surface area contributed by atoms with E-state index < -0.39 is 0 Å². The minimum Gasteiger partial charge on any atom is -0.343 e. The molecule has 1 aliphatic heterocycles. The minimum absolute atomic E-state index is 0.0886. The zero-order valence-electron chi connectivity index (χ0n) is 18.8. The molecule has 3 heterocycles. The number of fused-ring (bicyclic) bond motifs is 2. The lowest BCUT2D eigenvalue weighted by molar-refractivity contribution is 0.0700. The van der Waals surface area contributed by atoms with Crippen molar-refractivity contribution in [2.75, 3.05) is 6.54 Å². The summed E-state index contributed by atoms with van der Waals surface area (Å²) in [5.41, 5.74) is 5.26. The molecular formula is C27H29N3O2. The number of rotatable bonds is 5. The lowest BCUT2D eigenvalue weighted by Gasteiger charge is -2.29. The third-order valence-electron chi connectivity index (χ3n) is 7.22. The van der Waals surface area contributed by atoms with Crippen molar-refractivity contribution < 1.29 is 4.79 Å². The molecule has 164 valence electrons. The van der Waals surface area contributed by atoms with Crippen LogP contribution in [0.15, 0.2) is 59.7 Å². The molecule has 5 heteroatoms.